The molecule has 0 aliphatic rings. The minimum Gasteiger partial charge on any atom is -0.480 e. The van der Waals surface area contributed by atoms with Gasteiger partial charge in [0.25, 0.3) is 0 Å². The number of thioether (sulfide) groups is 2. The second kappa shape index (κ2) is 34.3. The predicted octanol–water partition coefficient (Wildman–Crippen LogP) is 9.59. The van der Waals surface area contributed by atoms with Crippen molar-refractivity contribution in [2.24, 2.45) is 5.92 Å². The number of hydrogen-bond acceptors (Lipinski definition) is 8. The molecule has 0 aromatic rings. The maximum atomic E-state index is 13.7. The van der Waals surface area contributed by atoms with E-state index >= 15 is 0 Å². The number of hydrogen-bond donors (Lipinski definition) is 5. The van der Waals surface area contributed by atoms with Crippen LogP contribution in [0.5, 0.6) is 0 Å². The van der Waals surface area contributed by atoms with Gasteiger partial charge in [-0.25, -0.2) is 9.59 Å². The molecular weight excluding hydrogens is 849 g/mol. The van der Waals surface area contributed by atoms with Crippen LogP contribution in [0, 0.1) is 5.92 Å². The number of amides is 4. The fraction of sp³-hybridized carbons (Fsp3) is 0.640. The highest BCUT2D eigenvalue weighted by atomic mass is 32.2. The van der Waals surface area contributed by atoms with Crippen molar-refractivity contribution in [1.29, 1.82) is 0 Å². The standard InChI is InChI=1S/C50H82N4O8S2/c1-13-43(51-41(11)55)47(57)52-44(49(59)60)32-63-28-26-39(9)24-16-21-37(7)22-17-25-40(10)31-54(42(12)56)46(30-35(4)5)48(58)53-45(50(61)62)33-64-29-27-38(8)23-15-20-36(6)19-14-18-34(2)3/h18,20-21,25-27,35,43-46H,13-17,19,22-24,28-33H2,1-12H3,(H,51,55)(H,52,57)(H,53,58)(H,59,60)(H,61,62)/b36-20+,37-21+,38-27+,39-26+,40-25+/t43-,44+,45+,46?/m1/s1. The van der Waals surface area contributed by atoms with Gasteiger partial charge >= 0.3 is 11.9 Å². The molecule has 0 heterocycles. The van der Waals surface area contributed by atoms with E-state index in [2.05, 4.69) is 87.0 Å². The molecule has 4 atom stereocenters. The molecule has 12 nitrogen and oxygen atoms in total. The molecule has 64 heavy (non-hydrogen) atoms. The highest BCUT2D eigenvalue weighted by molar-refractivity contribution is 7.99. The molecule has 4 amide bonds. The molecule has 0 aliphatic heterocycles. The van der Waals surface area contributed by atoms with Gasteiger partial charge in [0.1, 0.15) is 24.2 Å². The van der Waals surface area contributed by atoms with Gasteiger partial charge in [-0.2, -0.15) is 23.5 Å². The number of carbonyl (C=O) groups is 6. The summed E-state index contributed by atoms with van der Waals surface area (Å²) in [5.74, 6) is -2.05. The number of carboxylic acids is 2. The van der Waals surface area contributed by atoms with E-state index < -0.39 is 47.9 Å². The van der Waals surface area contributed by atoms with Gasteiger partial charge in [-0.05, 0) is 119 Å². The lowest BCUT2D eigenvalue weighted by molar-refractivity contribution is -0.144. The van der Waals surface area contributed by atoms with Crippen LogP contribution in [0.1, 0.15) is 147 Å². The minimum absolute atomic E-state index is 0.0916. The SMILES string of the molecule is CC[C@@H](NC(C)=O)C(=O)N[C@@H](CSC/C=C(\C)CC/C=C(\C)CC/C=C(\C)CN(C(C)=O)C(CC(C)C)C(=O)N[C@@H](CSC/C=C(\C)CC/C=C(\C)CCC=C(C)C)C(=O)O)C(=O)O. The summed E-state index contributed by atoms with van der Waals surface area (Å²) in [5, 5.41) is 27.4. The van der Waals surface area contributed by atoms with Crippen molar-refractivity contribution in [1.82, 2.24) is 20.9 Å². The molecule has 1 unspecified atom stereocenters. The Labute approximate surface area is 394 Å². The Hall–Kier alpha value is -4.04. The fourth-order valence-corrected chi connectivity index (χ4v) is 8.49. The third-order valence-corrected chi connectivity index (χ3v) is 12.3. The van der Waals surface area contributed by atoms with E-state index in [1.165, 1.54) is 65.2 Å². The van der Waals surface area contributed by atoms with Crippen molar-refractivity contribution in [2.45, 2.75) is 171 Å². The monoisotopic (exact) mass is 931 g/mol. The molecule has 0 aliphatic carbocycles. The summed E-state index contributed by atoms with van der Waals surface area (Å²) in [4.78, 5) is 76.1. The second-order valence-electron chi connectivity index (χ2n) is 17.5. The summed E-state index contributed by atoms with van der Waals surface area (Å²) in [6.45, 7) is 23.3. The van der Waals surface area contributed by atoms with Crippen LogP contribution in [-0.2, 0) is 28.8 Å². The maximum absolute atomic E-state index is 13.7. The first-order chi connectivity index (χ1) is 30.1. The van der Waals surface area contributed by atoms with Crippen molar-refractivity contribution >= 4 is 59.1 Å². The van der Waals surface area contributed by atoms with E-state index in [1.807, 2.05) is 27.7 Å². The van der Waals surface area contributed by atoms with Crippen molar-refractivity contribution in [3.63, 3.8) is 0 Å². The predicted molar refractivity (Wildman–Crippen MR) is 267 cm³/mol. The molecular formula is C50H82N4O8S2. The summed E-state index contributed by atoms with van der Waals surface area (Å²) in [7, 11) is 0. The van der Waals surface area contributed by atoms with Gasteiger partial charge in [0.15, 0.2) is 0 Å². The zero-order valence-electron chi connectivity index (χ0n) is 41.1. The molecule has 0 aromatic carbocycles. The number of rotatable bonds is 33. The lowest BCUT2D eigenvalue weighted by Gasteiger charge is -2.32. The normalized spacial score (nSPS) is 14.6. The average Bonchev–Trinajstić information content (AvgIpc) is 3.19. The van der Waals surface area contributed by atoms with Crippen molar-refractivity contribution in [3.8, 4) is 0 Å². The summed E-state index contributed by atoms with van der Waals surface area (Å²) >= 11 is 2.88. The first kappa shape index (κ1) is 60.0. The van der Waals surface area contributed by atoms with E-state index in [9.17, 15) is 39.0 Å². The quantitative estimate of drug-likeness (QED) is 0.0314. The molecule has 0 rings (SSSR count). The molecule has 0 aromatic heterocycles. The van der Waals surface area contributed by atoms with Crippen LogP contribution in [0.3, 0.4) is 0 Å². The third kappa shape index (κ3) is 29.4. The molecule has 14 heteroatoms. The molecule has 0 saturated heterocycles. The van der Waals surface area contributed by atoms with Crippen LogP contribution in [0.25, 0.3) is 0 Å². The van der Waals surface area contributed by atoms with Crippen LogP contribution in [-0.4, -0.2) is 104 Å². The van der Waals surface area contributed by atoms with Gasteiger partial charge in [-0.15, -0.1) is 0 Å². The average molecular weight is 931 g/mol. The number of nitrogens with zero attached hydrogens (tertiary/aromatic N) is 1. The first-order valence-corrected chi connectivity index (χ1v) is 25.1. The minimum atomic E-state index is -1.12. The number of carbonyl (C=O) groups excluding carboxylic acids is 4. The van der Waals surface area contributed by atoms with Crippen LogP contribution >= 0.6 is 23.5 Å². The van der Waals surface area contributed by atoms with Crippen LogP contribution in [0.15, 0.2) is 69.9 Å². The second-order valence-corrected chi connectivity index (χ2v) is 19.7. The van der Waals surface area contributed by atoms with Crippen molar-refractivity contribution in [2.75, 3.05) is 29.6 Å². The fourth-order valence-electron chi connectivity index (χ4n) is 6.49. The lowest BCUT2D eigenvalue weighted by Crippen LogP contribution is -2.54. The molecule has 0 saturated carbocycles. The highest BCUT2D eigenvalue weighted by Gasteiger charge is 2.32. The zero-order chi connectivity index (χ0) is 48.8. The number of aliphatic carboxylic acids is 2. The summed E-state index contributed by atoms with van der Waals surface area (Å²) in [6.07, 6.45) is 21.1. The maximum Gasteiger partial charge on any atom is 0.327 e. The molecule has 0 fully saturated rings. The van der Waals surface area contributed by atoms with Gasteiger partial charge in [0.05, 0.1) is 0 Å². The Morgan fingerprint density at radius 3 is 1.33 bits per heavy atom. The van der Waals surface area contributed by atoms with Crippen LogP contribution in [0.2, 0.25) is 0 Å². The highest BCUT2D eigenvalue weighted by Crippen LogP contribution is 2.19. The van der Waals surface area contributed by atoms with Gasteiger partial charge in [-0.3, -0.25) is 19.2 Å². The van der Waals surface area contributed by atoms with E-state index in [1.54, 1.807) is 11.8 Å². The van der Waals surface area contributed by atoms with Crippen molar-refractivity contribution < 1.29 is 39.0 Å². The number of nitrogens with one attached hydrogen (secondary N) is 3. The smallest absolute Gasteiger partial charge is 0.327 e. The zero-order valence-corrected chi connectivity index (χ0v) is 42.7. The van der Waals surface area contributed by atoms with E-state index in [4.69, 9.17) is 0 Å². The van der Waals surface area contributed by atoms with Crippen LogP contribution in [0.4, 0.5) is 0 Å². The largest absolute Gasteiger partial charge is 0.480 e. The molecule has 362 valence electrons. The third-order valence-electron chi connectivity index (χ3n) is 10.4. The number of carboxylic acid groups (broad SMARTS) is 2. The van der Waals surface area contributed by atoms with E-state index in [-0.39, 0.29) is 35.8 Å². The van der Waals surface area contributed by atoms with E-state index in [0.717, 1.165) is 56.9 Å². The van der Waals surface area contributed by atoms with Gasteiger partial charge in [0, 0.05) is 43.4 Å². The lowest BCUT2D eigenvalue weighted by atomic mass is 10.00. The Bertz CT molecular complexity index is 1690. The molecule has 0 spiro atoms. The summed E-state index contributed by atoms with van der Waals surface area (Å²) in [5.41, 5.74) is 7.33. The Morgan fingerprint density at radius 2 is 0.953 bits per heavy atom. The summed E-state index contributed by atoms with van der Waals surface area (Å²) < 4.78 is 0. The Morgan fingerprint density at radius 1 is 0.547 bits per heavy atom. The Kier molecular flexibility index (Phi) is 32.2. The van der Waals surface area contributed by atoms with Crippen molar-refractivity contribution in [3.05, 3.63) is 69.9 Å². The number of allylic oxidation sites excluding steroid dienone is 9. The van der Waals surface area contributed by atoms with Gasteiger partial charge in [-0.1, -0.05) is 90.7 Å². The molecule has 0 radical (unpaired) electrons. The Balaban J connectivity index is 5.20. The van der Waals surface area contributed by atoms with Gasteiger partial charge < -0.3 is 31.1 Å². The summed E-state index contributed by atoms with van der Waals surface area (Å²) in [6, 6.07) is -3.73. The molecule has 0 bridgehead atoms. The van der Waals surface area contributed by atoms with E-state index in [0.29, 0.717) is 24.3 Å². The van der Waals surface area contributed by atoms with Crippen LogP contribution < -0.4 is 16.0 Å². The molecule has 5 N–H and O–H groups in total. The first-order valence-electron chi connectivity index (χ1n) is 22.7. The topological polar surface area (TPSA) is 182 Å². The van der Waals surface area contributed by atoms with Gasteiger partial charge in [0.2, 0.25) is 23.6 Å².